The van der Waals surface area contributed by atoms with Crippen molar-refractivity contribution in [2.45, 2.75) is 19.8 Å². The first-order valence-corrected chi connectivity index (χ1v) is 6.35. The van der Waals surface area contributed by atoms with Crippen molar-refractivity contribution in [1.82, 2.24) is 0 Å². The molecule has 98 valence electrons. The molecule has 3 heteroatoms. The Balaban J connectivity index is 0.00000200. The maximum Gasteiger partial charge on any atom is 1.00 e. The second-order valence-corrected chi connectivity index (χ2v) is 4.33. The number of halogens is 2. The van der Waals surface area contributed by atoms with Crippen LogP contribution in [0.1, 0.15) is 25.3 Å². The normalized spacial score (nSPS) is 10.6. The summed E-state index contributed by atoms with van der Waals surface area (Å²) < 4.78 is 26.7. The van der Waals surface area contributed by atoms with E-state index in [1.54, 1.807) is 12.1 Å². The number of hydrogen-bond acceptors (Lipinski definition) is 0. The first kappa shape index (κ1) is 16.7. The van der Waals surface area contributed by atoms with E-state index in [0.29, 0.717) is 5.56 Å². The van der Waals surface area contributed by atoms with Crippen molar-refractivity contribution >= 4 is 6.08 Å². The molecule has 2 aromatic rings. The van der Waals surface area contributed by atoms with Crippen LogP contribution in [0.3, 0.4) is 0 Å². The SMILES string of the molecule is CCCC=Cc1ccc(-c2cc[c-]c(F)c2F)cc1.[Li+]. The molecule has 0 aromatic heterocycles. The molecule has 2 aromatic carbocycles. The van der Waals surface area contributed by atoms with Gasteiger partial charge < -0.3 is 0 Å². The van der Waals surface area contributed by atoms with Crippen molar-refractivity contribution in [3.05, 3.63) is 65.7 Å². The van der Waals surface area contributed by atoms with E-state index in [0.717, 1.165) is 18.4 Å². The number of benzene rings is 2. The second-order valence-electron chi connectivity index (χ2n) is 4.33. The molecular formula is C17H15F2Li. The fourth-order valence-electron chi connectivity index (χ4n) is 1.84. The van der Waals surface area contributed by atoms with Gasteiger partial charge in [0.25, 0.3) is 0 Å². The molecule has 0 radical (unpaired) electrons. The Bertz CT molecular complexity index is 574. The van der Waals surface area contributed by atoms with Crippen LogP contribution in [-0.4, -0.2) is 0 Å². The Morgan fingerprint density at radius 2 is 1.80 bits per heavy atom. The zero-order valence-electron chi connectivity index (χ0n) is 11.8. The molecule has 2 rings (SSSR count). The first-order valence-electron chi connectivity index (χ1n) is 6.35. The second kappa shape index (κ2) is 8.04. The van der Waals surface area contributed by atoms with Gasteiger partial charge >= 0.3 is 18.9 Å². The molecule has 0 N–H and O–H groups in total. The number of rotatable bonds is 4. The van der Waals surface area contributed by atoms with Gasteiger partial charge in [0, 0.05) is 5.82 Å². The van der Waals surface area contributed by atoms with E-state index >= 15 is 0 Å². The van der Waals surface area contributed by atoms with Crippen LogP contribution in [0.2, 0.25) is 0 Å². The largest absolute Gasteiger partial charge is 1.00 e. The van der Waals surface area contributed by atoms with Crippen LogP contribution in [0.4, 0.5) is 8.78 Å². The molecular weight excluding hydrogens is 249 g/mol. The summed E-state index contributed by atoms with van der Waals surface area (Å²) in [4.78, 5) is 0. The zero-order chi connectivity index (χ0) is 13.7. The molecule has 0 saturated heterocycles. The number of hydrogen-bond donors (Lipinski definition) is 0. The zero-order valence-corrected chi connectivity index (χ0v) is 11.8. The van der Waals surface area contributed by atoms with Gasteiger partial charge in [0.1, 0.15) is 0 Å². The minimum absolute atomic E-state index is 0. The molecule has 0 aliphatic carbocycles. The van der Waals surface area contributed by atoms with Crippen LogP contribution in [0.25, 0.3) is 17.2 Å². The van der Waals surface area contributed by atoms with Crippen LogP contribution in [0.15, 0.2) is 42.5 Å². The molecule has 0 fully saturated rings. The fraction of sp³-hybridized carbons (Fsp3) is 0.176. The summed E-state index contributed by atoms with van der Waals surface area (Å²) in [5.41, 5.74) is 1.99. The van der Waals surface area contributed by atoms with Crippen molar-refractivity contribution in [2.24, 2.45) is 0 Å². The monoisotopic (exact) mass is 264 g/mol. The van der Waals surface area contributed by atoms with E-state index in [2.05, 4.69) is 19.1 Å². The fourth-order valence-corrected chi connectivity index (χ4v) is 1.84. The molecule has 0 heterocycles. The third-order valence-corrected chi connectivity index (χ3v) is 2.88. The van der Waals surface area contributed by atoms with Gasteiger partial charge in [-0.15, -0.1) is 6.07 Å². The number of unbranched alkanes of at least 4 members (excludes halogenated alkanes) is 1. The maximum atomic E-state index is 13.6. The van der Waals surface area contributed by atoms with E-state index in [1.807, 2.05) is 18.2 Å². The Morgan fingerprint density at radius 1 is 1.10 bits per heavy atom. The summed E-state index contributed by atoms with van der Waals surface area (Å²) in [5, 5.41) is 0. The molecule has 0 spiro atoms. The summed E-state index contributed by atoms with van der Waals surface area (Å²) in [6.45, 7) is 2.12. The predicted octanol–water partition coefficient (Wildman–Crippen LogP) is 2.25. The molecule has 0 unspecified atom stereocenters. The molecule has 0 nitrogen and oxygen atoms in total. The average molecular weight is 264 g/mol. The standard InChI is InChI=1S/C17H15F2.Li/c1-2-3-4-6-13-9-11-14(12-10-13)15-7-5-8-16(18)17(15)19;/h4-7,9-12H,2-3H2,1H3;/q-1;+1. The molecule has 0 aliphatic heterocycles. The van der Waals surface area contributed by atoms with Crippen LogP contribution >= 0.6 is 0 Å². The van der Waals surface area contributed by atoms with Crippen molar-refractivity contribution in [1.29, 1.82) is 0 Å². The van der Waals surface area contributed by atoms with Gasteiger partial charge in [0.15, 0.2) is 0 Å². The summed E-state index contributed by atoms with van der Waals surface area (Å²) in [5.74, 6) is -1.79. The van der Waals surface area contributed by atoms with Crippen LogP contribution in [-0.2, 0) is 0 Å². The molecule has 0 bridgehead atoms. The molecule has 0 aliphatic rings. The van der Waals surface area contributed by atoms with E-state index < -0.39 is 11.6 Å². The Labute approximate surface area is 130 Å². The third-order valence-electron chi connectivity index (χ3n) is 2.88. The van der Waals surface area contributed by atoms with Gasteiger partial charge in [-0.05, 0) is 17.5 Å². The van der Waals surface area contributed by atoms with Gasteiger partial charge in [-0.25, -0.2) is 4.39 Å². The predicted molar refractivity (Wildman–Crippen MR) is 74.6 cm³/mol. The summed E-state index contributed by atoms with van der Waals surface area (Å²) in [7, 11) is 0. The van der Waals surface area contributed by atoms with E-state index in [9.17, 15) is 8.78 Å². The van der Waals surface area contributed by atoms with Crippen molar-refractivity contribution < 1.29 is 27.6 Å². The molecule has 0 atom stereocenters. The van der Waals surface area contributed by atoms with Crippen LogP contribution < -0.4 is 18.9 Å². The van der Waals surface area contributed by atoms with E-state index in [1.165, 1.54) is 12.1 Å². The Morgan fingerprint density at radius 3 is 2.45 bits per heavy atom. The summed E-state index contributed by atoms with van der Waals surface area (Å²) >= 11 is 0. The Hall–Kier alpha value is -1.36. The Kier molecular flexibility index (Phi) is 6.71. The van der Waals surface area contributed by atoms with Gasteiger partial charge in [0.2, 0.25) is 0 Å². The molecule has 0 saturated carbocycles. The van der Waals surface area contributed by atoms with E-state index in [4.69, 9.17) is 0 Å². The van der Waals surface area contributed by atoms with Crippen LogP contribution in [0.5, 0.6) is 0 Å². The van der Waals surface area contributed by atoms with Gasteiger partial charge in [0.05, 0.1) is 5.82 Å². The first-order chi connectivity index (χ1) is 9.22. The minimum atomic E-state index is -0.940. The molecule has 0 amide bonds. The minimum Gasteiger partial charge on any atom is -0.281 e. The topological polar surface area (TPSA) is 0 Å². The third kappa shape index (κ3) is 4.06. The van der Waals surface area contributed by atoms with Crippen molar-refractivity contribution in [3.8, 4) is 11.1 Å². The smallest absolute Gasteiger partial charge is 0.281 e. The molecule has 20 heavy (non-hydrogen) atoms. The quantitative estimate of drug-likeness (QED) is 0.587. The van der Waals surface area contributed by atoms with Crippen molar-refractivity contribution in [3.63, 3.8) is 0 Å². The van der Waals surface area contributed by atoms with Crippen molar-refractivity contribution in [2.75, 3.05) is 0 Å². The summed E-state index contributed by atoms with van der Waals surface area (Å²) in [6.07, 6.45) is 6.28. The number of allylic oxidation sites excluding steroid dienone is 1. The summed E-state index contributed by atoms with van der Waals surface area (Å²) in [6, 6.07) is 12.5. The average Bonchev–Trinajstić information content (AvgIpc) is 2.43. The van der Waals surface area contributed by atoms with Gasteiger partial charge in [-0.3, -0.25) is 4.39 Å². The van der Waals surface area contributed by atoms with E-state index in [-0.39, 0.29) is 24.4 Å². The maximum absolute atomic E-state index is 13.6. The van der Waals surface area contributed by atoms with Gasteiger partial charge in [-0.1, -0.05) is 55.3 Å². The van der Waals surface area contributed by atoms with Gasteiger partial charge in [-0.2, -0.15) is 12.1 Å². The van der Waals surface area contributed by atoms with Crippen LogP contribution in [0, 0.1) is 17.7 Å².